The standard InChI is InChI=1S/C30H24FIN2O4S/c1-3-23-26(29(36)37-2)27(19-9-5-4-6-10-19)34-28(35)25(39-30(34)33-23)16-18-13-14-24(22(32)15-18)38-17-20-11-7-8-12-21(20)31/h4-16,27H,3,17H2,1-2H3/b25-16-/t27-/m0/s1. The average molecular weight is 655 g/mol. The largest absolute Gasteiger partial charge is 0.488 e. The first kappa shape index (κ1) is 27.0. The van der Waals surface area contributed by atoms with Crippen molar-refractivity contribution in [1.82, 2.24) is 4.57 Å². The molecule has 2 heterocycles. The molecule has 0 saturated heterocycles. The second-order valence-electron chi connectivity index (χ2n) is 8.77. The number of hydrogen-bond acceptors (Lipinski definition) is 6. The van der Waals surface area contributed by atoms with Crippen LogP contribution in [0.3, 0.4) is 0 Å². The van der Waals surface area contributed by atoms with E-state index in [1.54, 1.807) is 22.8 Å². The second kappa shape index (κ2) is 11.7. The number of allylic oxidation sites excluding steroid dienone is 1. The van der Waals surface area contributed by atoms with Gasteiger partial charge >= 0.3 is 5.97 Å². The second-order valence-corrected chi connectivity index (χ2v) is 10.9. The SMILES string of the molecule is CCC1=C(C(=O)OC)[C@H](c2ccccc2)n2c(s/c(=C\c3ccc(OCc4ccccc4F)c(I)c3)c2=O)=N1. The van der Waals surface area contributed by atoms with E-state index in [1.807, 2.05) is 61.5 Å². The number of thiazole rings is 1. The Morgan fingerprint density at radius 3 is 2.56 bits per heavy atom. The number of ether oxygens (including phenoxy) is 2. The Morgan fingerprint density at radius 1 is 1.13 bits per heavy atom. The van der Waals surface area contributed by atoms with Crippen LogP contribution in [0.15, 0.2) is 93.9 Å². The molecule has 0 aliphatic carbocycles. The van der Waals surface area contributed by atoms with Gasteiger partial charge in [0.05, 0.1) is 32.5 Å². The van der Waals surface area contributed by atoms with Gasteiger partial charge in [-0.3, -0.25) is 9.36 Å². The number of benzene rings is 3. The number of hydrogen-bond donors (Lipinski definition) is 0. The number of fused-ring (bicyclic) bond motifs is 1. The van der Waals surface area contributed by atoms with E-state index >= 15 is 0 Å². The predicted octanol–water partition coefficient (Wildman–Crippen LogP) is 5.12. The Hall–Kier alpha value is -3.57. The Labute approximate surface area is 241 Å². The molecule has 1 aliphatic heterocycles. The summed E-state index contributed by atoms with van der Waals surface area (Å²) in [5, 5.41) is 0. The van der Waals surface area contributed by atoms with Crippen molar-refractivity contribution in [2.24, 2.45) is 4.99 Å². The smallest absolute Gasteiger partial charge is 0.338 e. The third-order valence-electron chi connectivity index (χ3n) is 6.36. The molecule has 0 saturated carbocycles. The van der Waals surface area contributed by atoms with Gasteiger partial charge in [0.15, 0.2) is 4.80 Å². The predicted molar refractivity (Wildman–Crippen MR) is 157 cm³/mol. The summed E-state index contributed by atoms with van der Waals surface area (Å²) in [5.41, 5.74) is 2.83. The highest BCUT2D eigenvalue weighted by Gasteiger charge is 2.33. The maximum atomic E-state index is 14.0. The van der Waals surface area contributed by atoms with Crippen LogP contribution in [0.5, 0.6) is 5.75 Å². The lowest BCUT2D eigenvalue weighted by Gasteiger charge is -2.25. The van der Waals surface area contributed by atoms with Crippen LogP contribution in [0, 0.1) is 9.39 Å². The molecule has 0 N–H and O–H groups in total. The van der Waals surface area contributed by atoms with Gasteiger partial charge in [-0.2, -0.15) is 0 Å². The van der Waals surface area contributed by atoms with E-state index in [2.05, 4.69) is 22.6 Å². The minimum absolute atomic E-state index is 0.113. The molecule has 198 valence electrons. The van der Waals surface area contributed by atoms with E-state index in [9.17, 15) is 14.0 Å². The van der Waals surface area contributed by atoms with Crippen LogP contribution >= 0.6 is 33.9 Å². The molecule has 0 spiro atoms. The third-order valence-corrected chi connectivity index (χ3v) is 8.19. The van der Waals surface area contributed by atoms with Crippen LogP contribution in [0.4, 0.5) is 4.39 Å². The zero-order valence-corrected chi connectivity index (χ0v) is 24.2. The number of halogens is 2. The number of aromatic nitrogens is 1. The molecule has 3 aromatic carbocycles. The molecule has 0 radical (unpaired) electrons. The highest BCUT2D eigenvalue weighted by Crippen LogP contribution is 2.31. The van der Waals surface area contributed by atoms with Gasteiger partial charge in [-0.05, 0) is 64.4 Å². The van der Waals surface area contributed by atoms with E-state index in [0.717, 1.165) is 14.7 Å². The van der Waals surface area contributed by atoms with Crippen molar-refractivity contribution in [2.45, 2.75) is 26.0 Å². The summed E-state index contributed by atoms with van der Waals surface area (Å²) in [6, 6.07) is 20.9. The topological polar surface area (TPSA) is 69.9 Å². The summed E-state index contributed by atoms with van der Waals surface area (Å²) in [5.74, 6) is -0.189. The van der Waals surface area contributed by atoms with Crippen molar-refractivity contribution in [3.8, 4) is 5.75 Å². The van der Waals surface area contributed by atoms with Gasteiger partial charge in [-0.15, -0.1) is 0 Å². The highest BCUT2D eigenvalue weighted by molar-refractivity contribution is 14.1. The Kier molecular flexibility index (Phi) is 8.08. The molecule has 1 aliphatic rings. The Bertz CT molecular complexity index is 1760. The molecule has 0 amide bonds. The molecule has 1 aromatic heterocycles. The molecule has 0 fully saturated rings. The Morgan fingerprint density at radius 2 is 1.87 bits per heavy atom. The van der Waals surface area contributed by atoms with Crippen molar-refractivity contribution in [2.75, 3.05) is 7.11 Å². The molecular weight excluding hydrogens is 630 g/mol. The van der Waals surface area contributed by atoms with Crippen molar-refractivity contribution in [1.29, 1.82) is 0 Å². The first-order chi connectivity index (χ1) is 18.9. The van der Waals surface area contributed by atoms with Crippen molar-refractivity contribution in [3.05, 3.63) is 130 Å². The van der Waals surface area contributed by atoms with Gasteiger partial charge in [0, 0.05) is 5.56 Å². The summed E-state index contributed by atoms with van der Waals surface area (Å²) in [4.78, 5) is 31.8. The number of carbonyl (C=O) groups excluding carboxylic acids is 1. The summed E-state index contributed by atoms with van der Waals surface area (Å²) in [7, 11) is 1.33. The fourth-order valence-electron chi connectivity index (χ4n) is 4.46. The number of nitrogens with zero attached hydrogens (tertiary/aromatic N) is 2. The summed E-state index contributed by atoms with van der Waals surface area (Å²) >= 11 is 3.44. The van der Waals surface area contributed by atoms with Gasteiger partial charge in [-0.1, -0.05) is 72.9 Å². The molecule has 5 rings (SSSR count). The van der Waals surface area contributed by atoms with Gasteiger partial charge in [0.2, 0.25) is 0 Å². The van der Waals surface area contributed by atoms with Crippen LogP contribution in [-0.4, -0.2) is 17.6 Å². The van der Waals surface area contributed by atoms with Crippen LogP contribution in [0.2, 0.25) is 0 Å². The van der Waals surface area contributed by atoms with E-state index < -0.39 is 12.0 Å². The number of carbonyl (C=O) groups is 1. The number of rotatable bonds is 7. The van der Waals surface area contributed by atoms with Gasteiger partial charge in [0.25, 0.3) is 5.56 Å². The van der Waals surface area contributed by atoms with E-state index in [0.29, 0.717) is 38.3 Å². The highest BCUT2D eigenvalue weighted by atomic mass is 127. The summed E-state index contributed by atoms with van der Waals surface area (Å²) < 4.78 is 27.8. The first-order valence-electron chi connectivity index (χ1n) is 12.2. The maximum absolute atomic E-state index is 14.0. The number of methoxy groups -OCH3 is 1. The minimum atomic E-state index is -0.638. The van der Waals surface area contributed by atoms with E-state index in [4.69, 9.17) is 14.5 Å². The molecule has 0 unspecified atom stereocenters. The minimum Gasteiger partial charge on any atom is -0.488 e. The van der Waals surface area contributed by atoms with Gasteiger partial charge in [-0.25, -0.2) is 14.2 Å². The zero-order chi connectivity index (χ0) is 27.5. The lowest BCUT2D eigenvalue weighted by Crippen LogP contribution is -2.40. The fraction of sp³-hybridized carbons (Fsp3) is 0.167. The quantitative estimate of drug-likeness (QED) is 0.205. The van der Waals surface area contributed by atoms with Crippen molar-refractivity contribution >= 4 is 46.0 Å². The number of esters is 1. The van der Waals surface area contributed by atoms with Crippen LogP contribution in [0.1, 0.15) is 36.1 Å². The monoisotopic (exact) mass is 654 g/mol. The van der Waals surface area contributed by atoms with Crippen molar-refractivity contribution < 1.29 is 18.7 Å². The molecule has 0 bridgehead atoms. The van der Waals surface area contributed by atoms with Crippen LogP contribution in [-0.2, 0) is 16.1 Å². The molecule has 4 aromatic rings. The fourth-order valence-corrected chi connectivity index (χ4v) is 6.18. The van der Waals surface area contributed by atoms with Crippen LogP contribution in [0.25, 0.3) is 6.08 Å². The van der Waals surface area contributed by atoms with Gasteiger partial charge < -0.3 is 9.47 Å². The molecule has 6 nitrogen and oxygen atoms in total. The summed E-state index contributed by atoms with van der Waals surface area (Å²) in [6.07, 6.45) is 2.33. The lowest BCUT2D eigenvalue weighted by atomic mass is 9.95. The van der Waals surface area contributed by atoms with Gasteiger partial charge in [0.1, 0.15) is 18.2 Å². The molecular formula is C30H24FIN2O4S. The van der Waals surface area contributed by atoms with E-state index in [-0.39, 0.29) is 18.0 Å². The normalized spacial score (nSPS) is 15.1. The average Bonchev–Trinajstić information content (AvgIpc) is 3.26. The molecule has 1 atom stereocenters. The summed E-state index contributed by atoms with van der Waals surface area (Å²) in [6.45, 7) is 2.04. The maximum Gasteiger partial charge on any atom is 0.338 e. The van der Waals surface area contributed by atoms with E-state index in [1.165, 1.54) is 24.5 Å². The van der Waals surface area contributed by atoms with Crippen molar-refractivity contribution in [3.63, 3.8) is 0 Å². The van der Waals surface area contributed by atoms with Crippen LogP contribution < -0.4 is 19.6 Å². The molecule has 9 heteroatoms. The Balaban J connectivity index is 1.54. The first-order valence-corrected chi connectivity index (χ1v) is 14.1. The molecule has 39 heavy (non-hydrogen) atoms. The third kappa shape index (κ3) is 5.46. The zero-order valence-electron chi connectivity index (χ0n) is 21.2. The lowest BCUT2D eigenvalue weighted by molar-refractivity contribution is -0.136.